The first-order valence-electron chi connectivity index (χ1n) is 6.01. The van der Waals surface area contributed by atoms with Crippen LogP contribution in [-0.2, 0) is 4.74 Å². The molecule has 0 saturated carbocycles. The van der Waals surface area contributed by atoms with Crippen molar-refractivity contribution in [2.24, 2.45) is 0 Å². The van der Waals surface area contributed by atoms with Crippen molar-refractivity contribution >= 4 is 27.3 Å². The van der Waals surface area contributed by atoms with Crippen LogP contribution in [0.15, 0.2) is 16.6 Å². The van der Waals surface area contributed by atoms with E-state index in [9.17, 15) is 14.5 Å². The van der Waals surface area contributed by atoms with Gasteiger partial charge in [0.15, 0.2) is 0 Å². The molecule has 0 atom stereocenters. The van der Waals surface area contributed by atoms with Crippen LogP contribution in [0.2, 0.25) is 0 Å². The maximum absolute atomic E-state index is 13.4. The van der Waals surface area contributed by atoms with Gasteiger partial charge in [-0.25, -0.2) is 4.39 Å². The van der Waals surface area contributed by atoms with Crippen LogP contribution in [0.3, 0.4) is 0 Å². The van der Waals surface area contributed by atoms with Gasteiger partial charge in [-0.05, 0) is 22.4 Å². The minimum Gasteiger partial charge on any atom is -0.380 e. The molecule has 0 spiro atoms. The van der Waals surface area contributed by atoms with Crippen LogP contribution in [0.5, 0.6) is 0 Å². The molecule has 106 valence electrons. The third kappa shape index (κ3) is 5.12. The first-order chi connectivity index (χ1) is 9.06. The highest BCUT2D eigenvalue weighted by atomic mass is 79.9. The summed E-state index contributed by atoms with van der Waals surface area (Å²) in [5.41, 5.74) is -0.00775. The number of ether oxygens (including phenoxy) is 1. The molecule has 5 nitrogen and oxygen atoms in total. The number of nitro benzene ring substituents is 1. The molecule has 1 N–H and O–H groups in total. The summed E-state index contributed by atoms with van der Waals surface area (Å²) in [4.78, 5) is 10.3. The number of halogens is 2. The van der Waals surface area contributed by atoms with Crippen LogP contribution in [0.1, 0.15) is 19.8 Å². The predicted octanol–water partition coefficient (Wildman–Crippen LogP) is 3.73. The zero-order valence-electron chi connectivity index (χ0n) is 10.6. The number of benzene rings is 1. The number of anilines is 1. The van der Waals surface area contributed by atoms with Gasteiger partial charge in [0.25, 0.3) is 5.69 Å². The molecule has 0 heterocycles. The molecule has 0 unspecified atom stereocenters. The summed E-state index contributed by atoms with van der Waals surface area (Å²) < 4.78 is 18.7. The maximum atomic E-state index is 13.4. The lowest BCUT2D eigenvalue weighted by atomic mass is 10.2. The molecular formula is C12H16BrFN2O3. The van der Waals surface area contributed by atoms with Crippen molar-refractivity contribution in [3.05, 3.63) is 32.5 Å². The number of nitrogens with zero attached hydrogens (tertiary/aromatic N) is 1. The maximum Gasteiger partial charge on any atom is 0.293 e. The normalized spacial score (nSPS) is 10.5. The van der Waals surface area contributed by atoms with Gasteiger partial charge >= 0.3 is 0 Å². The Bertz CT molecular complexity index is 443. The summed E-state index contributed by atoms with van der Waals surface area (Å²) in [6.45, 7) is 3.55. The van der Waals surface area contributed by atoms with Gasteiger partial charge in [0, 0.05) is 25.3 Å². The number of nitro groups is 1. The van der Waals surface area contributed by atoms with Crippen molar-refractivity contribution in [1.29, 1.82) is 0 Å². The largest absolute Gasteiger partial charge is 0.380 e. The monoisotopic (exact) mass is 334 g/mol. The van der Waals surface area contributed by atoms with E-state index in [0.29, 0.717) is 19.8 Å². The van der Waals surface area contributed by atoms with Crippen molar-refractivity contribution in [3.8, 4) is 0 Å². The zero-order chi connectivity index (χ0) is 14.3. The van der Waals surface area contributed by atoms with Crippen LogP contribution in [0.4, 0.5) is 15.8 Å². The first kappa shape index (κ1) is 15.8. The summed E-state index contributed by atoms with van der Waals surface area (Å²) in [7, 11) is 0. The van der Waals surface area contributed by atoms with Gasteiger partial charge in [0.2, 0.25) is 0 Å². The van der Waals surface area contributed by atoms with E-state index in [2.05, 4.69) is 28.2 Å². The molecule has 0 amide bonds. The zero-order valence-corrected chi connectivity index (χ0v) is 12.2. The molecule has 0 aromatic heterocycles. The van der Waals surface area contributed by atoms with Crippen LogP contribution in [0, 0.1) is 15.9 Å². The summed E-state index contributed by atoms with van der Waals surface area (Å²) in [5.74, 6) is -0.542. The highest BCUT2D eigenvalue weighted by Gasteiger charge is 2.17. The van der Waals surface area contributed by atoms with Crippen LogP contribution < -0.4 is 5.32 Å². The second-order valence-electron chi connectivity index (χ2n) is 3.93. The van der Waals surface area contributed by atoms with E-state index in [4.69, 9.17) is 4.74 Å². The average molecular weight is 335 g/mol. The summed E-state index contributed by atoms with van der Waals surface area (Å²) in [6, 6.07) is 2.25. The predicted molar refractivity (Wildman–Crippen MR) is 75.0 cm³/mol. The fourth-order valence-corrected chi connectivity index (χ4v) is 1.77. The Morgan fingerprint density at radius 3 is 2.84 bits per heavy atom. The fourth-order valence-electron chi connectivity index (χ4n) is 1.44. The lowest BCUT2D eigenvalue weighted by Gasteiger charge is -2.08. The third-order valence-electron chi connectivity index (χ3n) is 2.44. The van der Waals surface area contributed by atoms with Gasteiger partial charge in [0.05, 0.1) is 16.0 Å². The molecule has 0 saturated heterocycles. The topological polar surface area (TPSA) is 64.4 Å². The Hall–Kier alpha value is -1.21. The molecule has 0 aliphatic rings. The van der Waals surface area contributed by atoms with Crippen molar-refractivity contribution in [2.45, 2.75) is 19.8 Å². The Labute approximate surface area is 119 Å². The van der Waals surface area contributed by atoms with Gasteiger partial charge in [-0.15, -0.1) is 0 Å². The van der Waals surface area contributed by atoms with Gasteiger partial charge in [-0.1, -0.05) is 13.3 Å². The van der Waals surface area contributed by atoms with Crippen molar-refractivity contribution in [1.82, 2.24) is 0 Å². The van der Waals surface area contributed by atoms with Gasteiger partial charge in [-0.2, -0.15) is 0 Å². The van der Waals surface area contributed by atoms with Crippen LogP contribution >= 0.6 is 15.9 Å². The minimum absolute atomic E-state index is 0.0731. The Kier molecular flexibility index (Phi) is 6.72. The lowest BCUT2D eigenvalue weighted by molar-refractivity contribution is -0.384. The molecule has 1 aromatic rings. The number of nitrogens with one attached hydrogen (secondary N) is 1. The Morgan fingerprint density at radius 1 is 1.47 bits per heavy atom. The van der Waals surface area contributed by atoms with E-state index in [0.717, 1.165) is 25.0 Å². The number of unbranched alkanes of at least 4 members (excludes halogenated alkanes) is 1. The standard InChI is InChI=1S/C12H16BrFN2O3/c1-2-3-5-19-6-4-15-11-8-10(14)9(13)7-12(11)16(17)18/h7-8,15H,2-6H2,1H3. The molecule has 0 aliphatic carbocycles. The quantitative estimate of drug-likeness (QED) is 0.447. The highest BCUT2D eigenvalue weighted by Crippen LogP contribution is 2.30. The van der Waals surface area contributed by atoms with Gasteiger partial charge in [-0.3, -0.25) is 10.1 Å². The van der Waals surface area contributed by atoms with Gasteiger partial charge in [0.1, 0.15) is 11.5 Å². The molecule has 1 aromatic carbocycles. The highest BCUT2D eigenvalue weighted by molar-refractivity contribution is 9.10. The number of rotatable bonds is 8. The number of hydrogen-bond acceptors (Lipinski definition) is 4. The van der Waals surface area contributed by atoms with Crippen molar-refractivity contribution < 1.29 is 14.1 Å². The molecule has 1 rings (SSSR count). The van der Waals surface area contributed by atoms with E-state index in [1.165, 1.54) is 0 Å². The molecule has 0 aliphatic heterocycles. The van der Waals surface area contributed by atoms with E-state index >= 15 is 0 Å². The molecular weight excluding hydrogens is 319 g/mol. The van der Waals surface area contributed by atoms with Crippen LogP contribution in [-0.4, -0.2) is 24.7 Å². The molecule has 0 fully saturated rings. The second-order valence-corrected chi connectivity index (χ2v) is 4.79. The molecule has 0 radical (unpaired) electrons. The average Bonchev–Trinajstić information content (AvgIpc) is 2.37. The van der Waals surface area contributed by atoms with Gasteiger partial charge < -0.3 is 10.1 Å². The Balaban J connectivity index is 2.57. The smallest absolute Gasteiger partial charge is 0.293 e. The van der Waals surface area contributed by atoms with E-state index in [-0.39, 0.29) is 15.8 Å². The summed E-state index contributed by atoms with van der Waals surface area (Å²) >= 11 is 2.93. The number of hydrogen-bond donors (Lipinski definition) is 1. The van der Waals surface area contributed by atoms with E-state index in [1.54, 1.807) is 0 Å². The first-order valence-corrected chi connectivity index (χ1v) is 6.80. The van der Waals surface area contributed by atoms with Crippen LogP contribution in [0.25, 0.3) is 0 Å². The van der Waals surface area contributed by atoms with E-state index < -0.39 is 10.7 Å². The second kappa shape index (κ2) is 8.06. The molecule has 0 bridgehead atoms. The molecule has 7 heteroatoms. The summed E-state index contributed by atoms with van der Waals surface area (Å²) in [6.07, 6.45) is 2.03. The van der Waals surface area contributed by atoms with Crippen molar-refractivity contribution in [3.63, 3.8) is 0 Å². The lowest BCUT2D eigenvalue weighted by Crippen LogP contribution is -2.11. The third-order valence-corrected chi connectivity index (χ3v) is 3.05. The fraction of sp³-hybridized carbons (Fsp3) is 0.500. The molecule has 19 heavy (non-hydrogen) atoms. The van der Waals surface area contributed by atoms with Crippen molar-refractivity contribution in [2.75, 3.05) is 25.1 Å². The minimum atomic E-state index is -0.551. The van der Waals surface area contributed by atoms with E-state index in [1.807, 2.05) is 0 Å². The SMILES string of the molecule is CCCCOCCNc1cc(F)c(Br)cc1[N+](=O)[O-]. The summed E-state index contributed by atoms with van der Waals surface area (Å²) in [5, 5.41) is 13.7. The Morgan fingerprint density at radius 2 is 2.21 bits per heavy atom.